The zero-order valence-corrected chi connectivity index (χ0v) is 15.3. The molecule has 0 bridgehead atoms. The van der Waals surface area contributed by atoms with E-state index in [4.69, 9.17) is 11.6 Å². The van der Waals surface area contributed by atoms with Crippen molar-refractivity contribution < 1.29 is 4.79 Å². The summed E-state index contributed by atoms with van der Waals surface area (Å²) in [5.41, 5.74) is 1.10. The zero-order valence-electron chi connectivity index (χ0n) is 14.5. The predicted octanol–water partition coefficient (Wildman–Crippen LogP) is 3.91. The summed E-state index contributed by atoms with van der Waals surface area (Å²) >= 11 is 6.05. The van der Waals surface area contributed by atoms with Gasteiger partial charge in [-0.3, -0.25) is 0 Å². The number of halogens is 1. The smallest absolute Gasteiger partial charge is 0.318 e. The van der Waals surface area contributed by atoms with Gasteiger partial charge in [0.25, 0.3) is 0 Å². The molecule has 5 nitrogen and oxygen atoms in total. The second kappa shape index (κ2) is 8.73. The van der Waals surface area contributed by atoms with Crippen LogP contribution in [-0.2, 0) is 13.1 Å². The Kier molecular flexibility index (Phi) is 6.67. The summed E-state index contributed by atoms with van der Waals surface area (Å²) in [4.78, 5) is 18.6. The van der Waals surface area contributed by atoms with Crippen molar-refractivity contribution in [1.29, 1.82) is 0 Å². The highest BCUT2D eigenvalue weighted by Gasteiger charge is 2.19. The number of rotatable bonds is 7. The van der Waals surface area contributed by atoms with Crippen LogP contribution in [0.25, 0.3) is 0 Å². The predicted molar refractivity (Wildman–Crippen MR) is 97.1 cm³/mol. The molecule has 0 aliphatic carbocycles. The summed E-state index contributed by atoms with van der Waals surface area (Å²) in [7, 11) is 0. The number of urea groups is 1. The molecule has 1 aromatic heterocycles. The van der Waals surface area contributed by atoms with Crippen molar-refractivity contribution in [1.82, 2.24) is 19.8 Å². The molecule has 0 fully saturated rings. The van der Waals surface area contributed by atoms with Crippen molar-refractivity contribution in [2.45, 2.75) is 46.3 Å². The minimum absolute atomic E-state index is 0.0517. The van der Waals surface area contributed by atoms with Gasteiger partial charge in [0.2, 0.25) is 0 Å². The summed E-state index contributed by atoms with van der Waals surface area (Å²) in [6.07, 6.45) is 4.61. The fourth-order valence-corrected chi connectivity index (χ4v) is 2.66. The third kappa shape index (κ3) is 4.99. The number of nitrogens with one attached hydrogen (secondary N) is 1. The van der Waals surface area contributed by atoms with Crippen LogP contribution in [0.1, 0.15) is 38.6 Å². The number of nitrogens with zero attached hydrogens (tertiary/aromatic N) is 3. The molecule has 0 aliphatic rings. The number of carbonyl (C=O) groups excluding carboxylic acids is 1. The van der Waals surface area contributed by atoms with Gasteiger partial charge in [-0.05, 0) is 38.0 Å². The van der Waals surface area contributed by atoms with E-state index < -0.39 is 0 Å². The molecule has 0 aliphatic heterocycles. The Morgan fingerprint density at radius 3 is 2.88 bits per heavy atom. The van der Waals surface area contributed by atoms with Crippen LogP contribution >= 0.6 is 11.6 Å². The van der Waals surface area contributed by atoms with Gasteiger partial charge in [0.1, 0.15) is 5.82 Å². The lowest BCUT2D eigenvalue weighted by molar-refractivity contribution is 0.177. The summed E-state index contributed by atoms with van der Waals surface area (Å²) in [5, 5.41) is 3.65. The molecule has 2 rings (SSSR count). The normalized spacial score (nSPS) is 10.9. The first kappa shape index (κ1) is 18.3. The Hall–Kier alpha value is -2.01. The van der Waals surface area contributed by atoms with E-state index in [9.17, 15) is 4.79 Å². The van der Waals surface area contributed by atoms with Crippen LogP contribution in [0.3, 0.4) is 0 Å². The first-order chi connectivity index (χ1) is 11.5. The average molecular weight is 349 g/mol. The van der Waals surface area contributed by atoms with Crippen LogP contribution < -0.4 is 5.32 Å². The Morgan fingerprint density at radius 1 is 1.42 bits per heavy atom. The van der Waals surface area contributed by atoms with Gasteiger partial charge in [-0.25, -0.2) is 9.78 Å². The van der Waals surface area contributed by atoms with Crippen LogP contribution in [0.15, 0.2) is 36.7 Å². The lowest BCUT2D eigenvalue weighted by atomic mass is 10.2. The van der Waals surface area contributed by atoms with E-state index >= 15 is 0 Å². The van der Waals surface area contributed by atoms with Gasteiger partial charge in [-0.1, -0.05) is 30.7 Å². The molecule has 0 radical (unpaired) electrons. The van der Waals surface area contributed by atoms with Crippen LogP contribution in [-0.4, -0.2) is 33.1 Å². The number of aromatic nitrogens is 2. The van der Waals surface area contributed by atoms with Crippen molar-refractivity contribution in [2.24, 2.45) is 0 Å². The molecule has 24 heavy (non-hydrogen) atoms. The quantitative estimate of drug-likeness (QED) is 0.824. The Morgan fingerprint density at radius 2 is 2.21 bits per heavy atom. The third-order valence-electron chi connectivity index (χ3n) is 3.77. The molecule has 1 aromatic carbocycles. The SMILES string of the molecule is CCCNC(=O)N(Cc1nccn1Cc1cccc(Cl)c1)C(C)C. The molecule has 2 amide bonds. The highest BCUT2D eigenvalue weighted by atomic mass is 35.5. The summed E-state index contributed by atoms with van der Waals surface area (Å²) in [6.45, 7) is 7.89. The number of hydrogen-bond acceptors (Lipinski definition) is 2. The molecule has 1 heterocycles. The van der Waals surface area contributed by atoms with Gasteiger partial charge >= 0.3 is 6.03 Å². The van der Waals surface area contributed by atoms with Gasteiger partial charge in [-0.2, -0.15) is 0 Å². The van der Waals surface area contributed by atoms with Crippen LogP contribution in [0.2, 0.25) is 5.02 Å². The standard InChI is InChI=1S/C18H25ClN4O/c1-4-8-21-18(24)23(14(2)3)13-17-20-9-10-22(17)12-15-6-5-7-16(19)11-15/h5-7,9-11,14H,4,8,12-13H2,1-3H3,(H,21,24). The Bertz CT molecular complexity index is 669. The highest BCUT2D eigenvalue weighted by molar-refractivity contribution is 6.30. The Balaban J connectivity index is 2.11. The molecule has 6 heteroatoms. The maximum atomic E-state index is 12.3. The largest absolute Gasteiger partial charge is 0.338 e. The molecule has 130 valence electrons. The fourth-order valence-electron chi connectivity index (χ4n) is 2.44. The topological polar surface area (TPSA) is 50.2 Å². The van der Waals surface area contributed by atoms with Crippen LogP contribution in [0, 0.1) is 0 Å². The minimum atomic E-state index is -0.0517. The van der Waals surface area contributed by atoms with Gasteiger partial charge < -0.3 is 14.8 Å². The van der Waals surface area contributed by atoms with E-state index in [2.05, 4.69) is 10.3 Å². The first-order valence-electron chi connectivity index (χ1n) is 8.30. The number of amides is 2. The average Bonchev–Trinajstić information content (AvgIpc) is 2.97. The number of hydrogen-bond donors (Lipinski definition) is 1. The Labute approximate surface area is 148 Å². The van der Waals surface area contributed by atoms with E-state index in [-0.39, 0.29) is 12.1 Å². The van der Waals surface area contributed by atoms with Crippen molar-refractivity contribution in [3.05, 3.63) is 53.1 Å². The fraction of sp³-hybridized carbons (Fsp3) is 0.444. The number of imidazole rings is 1. The monoisotopic (exact) mass is 348 g/mol. The lowest BCUT2D eigenvalue weighted by Gasteiger charge is -2.27. The third-order valence-corrected chi connectivity index (χ3v) is 4.00. The number of benzene rings is 1. The number of carbonyl (C=O) groups is 1. The van der Waals surface area contributed by atoms with Crippen molar-refractivity contribution in [3.63, 3.8) is 0 Å². The van der Waals surface area contributed by atoms with E-state index in [1.165, 1.54) is 0 Å². The van der Waals surface area contributed by atoms with E-state index in [1.54, 1.807) is 11.1 Å². The summed E-state index contributed by atoms with van der Waals surface area (Å²) in [6, 6.07) is 7.82. The van der Waals surface area contributed by atoms with Crippen LogP contribution in [0.5, 0.6) is 0 Å². The van der Waals surface area contributed by atoms with E-state index in [1.807, 2.05) is 55.8 Å². The van der Waals surface area contributed by atoms with Gasteiger partial charge in [0.15, 0.2) is 0 Å². The second-order valence-electron chi connectivity index (χ2n) is 6.05. The molecule has 2 aromatic rings. The van der Waals surface area contributed by atoms with Gasteiger partial charge in [0, 0.05) is 36.5 Å². The maximum Gasteiger partial charge on any atom is 0.318 e. The van der Waals surface area contributed by atoms with Crippen molar-refractivity contribution in [2.75, 3.05) is 6.54 Å². The van der Waals surface area contributed by atoms with Crippen molar-refractivity contribution >= 4 is 17.6 Å². The molecule has 0 unspecified atom stereocenters. The second-order valence-corrected chi connectivity index (χ2v) is 6.49. The first-order valence-corrected chi connectivity index (χ1v) is 8.68. The molecule has 1 N–H and O–H groups in total. The molecule has 0 spiro atoms. The highest BCUT2D eigenvalue weighted by Crippen LogP contribution is 2.14. The van der Waals surface area contributed by atoms with Crippen molar-refractivity contribution in [3.8, 4) is 0 Å². The zero-order chi connectivity index (χ0) is 17.5. The summed E-state index contributed by atoms with van der Waals surface area (Å²) in [5.74, 6) is 0.857. The van der Waals surface area contributed by atoms with E-state index in [0.29, 0.717) is 19.6 Å². The molecular weight excluding hydrogens is 324 g/mol. The molecule has 0 atom stereocenters. The molecule has 0 saturated carbocycles. The van der Waals surface area contributed by atoms with Gasteiger partial charge in [-0.15, -0.1) is 0 Å². The lowest BCUT2D eigenvalue weighted by Crippen LogP contribution is -2.44. The minimum Gasteiger partial charge on any atom is -0.338 e. The maximum absolute atomic E-state index is 12.3. The van der Waals surface area contributed by atoms with Gasteiger partial charge in [0.05, 0.1) is 6.54 Å². The van der Waals surface area contributed by atoms with E-state index in [0.717, 1.165) is 22.8 Å². The molecular formula is C18H25ClN4O. The summed E-state index contributed by atoms with van der Waals surface area (Å²) < 4.78 is 2.05. The van der Waals surface area contributed by atoms with Crippen LogP contribution in [0.4, 0.5) is 4.79 Å². The molecule has 0 saturated heterocycles.